The molecule has 0 aliphatic rings. The first-order valence-corrected chi connectivity index (χ1v) is 5.09. The summed E-state index contributed by atoms with van der Waals surface area (Å²) < 4.78 is 5.28. The fraction of sp³-hybridized carbons (Fsp3) is 0.400. The zero-order valence-electron chi connectivity index (χ0n) is 8.88. The third-order valence-corrected chi connectivity index (χ3v) is 2.42. The van der Waals surface area contributed by atoms with Gasteiger partial charge in [0, 0.05) is 6.07 Å². The molecule has 1 rings (SSSR count). The topological polar surface area (TPSA) is 72.6 Å². The Morgan fingerprint density at radius 3 is 2.62 bits per heavy atom. The van der Waals surface area contributed by atoms with Gasteiger partial charge in [-0.2, -0.15) is 0 Å². The zero-order valence-corrected chi connectivity index (χ0v) is 9.64. The Morgan fingerprint density at radius 2 is 2.12 bits per heavy atom. The molecule has 0 aromatic heterocycles. The number of nitro benzene ring substituents is 1. The lowest BCUT2D eigenvalue weighted by molar-refractivity contribution is -0.386. The van der Waals surface area contributed by atoms with Gasteiger partial charge < -0.3 is 9.84 Å². The van der Waals surface area contributed by atoms with Gasteiger partial charge in [-0.25, -0.2) is 0 Å². The molecule has 2 unspecified atom stereocenters. The van der Waals surface area contributed by atoms with Crippen molar-refractivity contribution in [2.45, 2.75) is 26.1 Å². The number of nitrogens with zero attached hydrogens (tertiary/aromatic N) is 1. The SMILES string of the molecule is CC(O)C(C)Oc1c(Cl)cccc1[N+](=O)[O-]. The maximum atomic E-state index is 10.7. The first-order valence-electron chi connectivity index (χ1n) is 4.71. The van der Waals surface area contributed by atoms with Crippen molar-refractivity contribution in [3.63, 3.8) is 0 Å². The number of aliphatic hydroxyl groups is 1. The van der Waals surface area contributed by atoms with Crippen molar-refractivity contribution in [3.05, 3.63) is 33.3 Å². The number of ether oxygens (including phenoxy) is 1. The van der Waals surface area contributed by atoms with E-state index in [0.717, 1.165) is 0 Å². The predicted molar refractivity (Wildman–Crippen MR) is 59.9 cm³/mol. The van der Waals surface area contributed by atoms with Crippen molar-refractivity contribution in [3.8, 4) is 5.75 Å². The van der Waals surface area contributed by atoms with Crippen LogP contribution >= 0.6 is 11.6 Å². The molecular formula is C10H12ClNO4. The number of nitro groups is 1. The van der Waals surface area contributed by atoms with Crippen molar-refractivity contribution in [1.82, 2.24) is 0 Å². The van der Waals surface area contributed by atoms with Crippen LogP contribution in [0.3, 0.4) is 0 Å². The van der Waals surface area contributed by atoms with Crippen LogP contribution in [-0.4, -0.2) is 22.2 Å². The first-order chi connectivity index (χ1) is 7.43. The summed E-state index contributed by atoms with van der Waals surface area (Å²) in [5.41, 5.74) is -0.208. The van der Waals surface area contributed by atoms with Gasteiger partial charge in [0.2, 0.25) is 5.75 Å². The molecule has 16 heavy (non-hydrogen) atoms. The first kappa shape index (κ1) is 12.7. The molecule has 0 spiro atoms. The van der Waals surface area contributed by atoms with Crippen LogP contribution in [-0.2, 0) is 0 Å². The maximum absolute atomic E-state index is 10.7. The normalized spacial score (nSPS) is 14.2. The number of rotatable bonds is 4. The van der Waals surface area contributed by atoms with E-state index in [1.807, 2.05) is 0 Å². The molecular weight excluding hydrogens is 234 g/mol. The molecule has 2 atom stereocenters. The summed E-state index contributed by atoms with van der Waals surface area (Å²) in [6.45, 7) is 3.14. The van der Waals surface area contributed by atoms with Gasteiger partial charge in [-0.15, -0.1) is 0 Å². The van der Waals surface area contributed by atoms with E-state index < -0.39 is 17.1 Å². The molecule has 5 nitrogen and oxygen atoms in total. The summed E-state index contributed by atoms with van der Waals surface area (Å²) in [4.78, 5) is 10.2. The van der Waals surface area contributed by atoms with Gasteiger partial charge in [-0.3, -0.25) is 10.1 Å². The molecule has 1 aromatic carbocycles. The fourth-order valence-corrected chi connectivity index (χ4v) is 1.26. The molecule has 0 aliphatic heterocycles. The molecule has 1 aromatic rings. The third-order valence-electron chi connectivity index (χ3n) is 2.13. The highest BCUT2D eigenvalue weighted by molar-refractivity contribution is 6.32. The molecule has 88 valence electrons. The molecule has 6 heteroatoms. The Bertz CT molecular complexity index is 394. The molecule has 0 amide bonds. The van der Waals surface area contributed by atoms with Crippen LogP contribution in [0.25, 0.3) is 0 Å². The molecule has 0 bridgehead atoms. The van der Waals surface area contributed by atoms with E-state index in [2.05, 4.69) is 0 Å². The summed E-state index contributed by atoms with van der Waals surface area (Å²) in [5.74, 6) is -0.0115. The summed E-state index contributed by atoms with van der Waals surface area (Å²) in [6, 6.07) is 4.27. The monoisotopic (exact) mass is 245 g/mol. The van der Waals surface area contributed by atoms with E-state index in [1.54, 1.807) is 6.92 Å². The van der Waals surface area contributed by atoms with Gasteiger partial charge in [0.15, 0.2) is 0 Å². The van der Waals surface area contributed by atoms with Crippen LogP contribution in [0.15, 0.2) is 18.2 Å². The lowest BCUT2D eigenvalue weighted by Gasteiger charge is -2.17. The smallest absolute Gasteiger partial charge is 0.312 e. The van der Waals surface area contributed by atoms with Crippen LogP contribution in [0.5, 0.6) is 5.75 Å². The van der Waals surface area contributed by atoms with Crippen LogP contribution in [0.4, 0.5) is 5.69 Å². The Morgan fingerprint density at radius 1 is 1.50 bits per heavy atom. The Balaban J connectivity index is 3.06. The van der Waals surface area contributed by atoms with Gasteiger partial charge in [0.05, 0.1) is 16.0 Å². The van der Waals surface area contributed by atoms with Crippen molar-refractivity contribution < 1.29 is 14.8 Å². The van der Waals surface area contributed by atoms with E-state index in [-0.39, 0.29) is 16.5 Å². The second-order valence-electron chi connectivity index (χ2n) is 3.41. The standard InChI is InChI=1S/C10H12ClNO4/c1-6(13)7(2)16-10-8(11)4-3-5-9(10)12(14)15/h3-7,13H,1-2H3. The highest BCUT2D eigenvalue weighted by Gasteiger charge is 2.21. The second kappa shape index (κ2) is 5.14. The van der Waals surface area contributed by atoms with Gasteiger partial charge in [0.25, 0.3) is 0 Å². The largest absolute Gasteiger partial charge is 0.480 e. The van der Waals surface area contributed by atoms with Gasteiger partial charge in [0.1, 0.15) is 6.10 Å². The minimum absolute atomic E-state index is 0.0115. The van der Waals surface area contributed by atoms with E-state index in [0.29, 0.717) is 0 Å². The van der Waals surface area contributed by atoms with Crippen molar-refractivity contribution in [1.29, 1.82) is 0 Å². The van der Waals surface area contributed by atoms with Crippen molar-refractivity contribution >= 4 is 17.3 Å². The summed E-state index contributed by atoms with van der Waals surface area (Å²) >= 11 is 5.81. The van der Waals surface area contributed by atoms with Crippen molar-refractivity contribution in [2.24, 2.45) is 0 Å². The number of para-hydroxylation sites is 1. The van der Waals surface area contributed by atoms with Crippen molar-refractivity contribution in [2.75, 3.05) is 0 Å². The molecule has 0 heterocycles. The molecule has 0 aliphatic carbocycles. The van der Waals surface area contributed by atoms with Crippen LogP contribution in [0.1, 0.15) is 13.8 Å². The highest BCUT2D eigenvalue weighted by atomic mass is 35.5. The van der Waals surface area contributed by atoms with Crippen LogP contribution in [0.2, 0.25) is 5.02 Å². The number of halogens is 1. The Labute approximate surface area is 97.8 Å². The Hall–Kier alpha value is -1.33. The quantitative estimate of drug-likeness (QED) is 0.653. The minimum atomic E-state index is -0.740. The molecule has 1 N–H and O–H groups in total. The molecule has 0 saturated carbocycles. The van der Waals surface area contributed by atoms with E-state index in [4.69, 9.17) is 16.3 Å². The summed E-state index contributed by atoms with van der Waals surface area (Å²) in [6.07, 6.45) is -1.31. The molecule has 0 radical (unpaired) electrons. The predicted octanol–water partition coefficient (Wildman–Crippen LogP) is 2.40. The van der Waals surface area contributed by atoms with Crippen LogP contribution < -0.4 is 4.74 Å². The fourth-order valence-electron chi connectivity index (χ4n) is 1.04. The van der Waals surface area contributed by atoms with Gasteiger partial charge in [-0.05, 0) is 19.9 Å². The zero-order chi connectivity index (χ0) is 12.3. The lowest BCUT2D eigenvalue weighted by Crippen LogP contribution is -2.26. The maximum Gasteiger partial charge on any atom is 0.312 e. The summed E-state index contributed by atoms with van der Waals surface area (Å²) in [5, 5.41) is 20.1. The average molecular weight is 246 g/mol. The minimum Gasteiger partial charge on any atom is -0.480 e. The van der Waals surface area contributed by atoms with Gasteiger partial charge in [-0.1, -0.05) is 17.7 Å². The number of benzene rings is 1. The molecule has 0 fully saturated rings. The lowest BCUT2D eigenvalue weighted by atomic mass is 10.2. The number of hydrogen-bond donors (Lipinski definition) is 1. The van der Waals surface area contributed by atoms with E-state index in [1.165, 1.54) is 25.1 Å². The molecule has 0 saturated heterocycles. The Kier molecular flexibility index (Phi) is 4.09. The average Bonchev–Trinajstić information content (AvgIpc) is 2.20. The van der Waals surface area contributed by atoms with E-state index in [9.17, 15) is 15.2 Å². The van der Waals surface area contributed by atoms with Gasteiger partial charge >= 0.3 is 5.69 Å². The summed E-state index contributed by atoms with van der Waals surface area (Å²) in [7, 11) is 0. The number of aliphatic hydroxyl groups excluding tert-OH is 1. The number of hydrogen-bond acceptors (Lipinski definition) is 4. The highest BCUT2D eigenvalue weighted by Crippen LogP contribution is 2.35. The second-order valence-corrected chi connectivity index (χ2v) is 3.82. The third kappa shape index (κ3) is 2.84. The van der Waals surface area contributed by atoms with Crippen LogP contribution in [0, 0.1) is 10.1 Å². The van der Waals surface area contributed by atoms with E-state index >= 15 is 0 Å².